The van der Waals surface area contributed by atoms with E-state index in [0.717, 1.165) is 29.7 Å². The molecule has 1 N–H and O–H groups in total. The molecule has 3 fully saturated rings. The molecule has 2 saturated heterocycles. The maximum absolute atomic E-state index is 3.54. The molecule has 0 bridgehead atoms. The molecule has 3 aliphatic rings. The summed E-state index contributed by atoms with van der Waals surface area (Å²) in [6.45, 7) is 10.3. The Hall–Kier alpha value is -0.0800. The van der Waals surface area contributed by atoms with Crippen LogP contribution in [0.5, 0.6) is 0 Å². The lowest BCUT2D eigenvalue weighted by Crippen LogP contribution is -2.46. The lowest BCUT2D eigenvalue weighted by Gasteiger charge is -2.41. The lowest BCUT2D eigenvalue weighted by atomic mass is 9.78. The minimum atomic E-state index is 0.888. The van der Waals surface area contributed by atoms with Crippen LogP contribution in [0, 0.1) is 23.7 Å². The molecule has 2 heterocycles. The first-order chi connectivity index (χ1) is 7.75. The van der Waals surface area contributed by atoms with Crippen molar-refractivity contribution in [3.63, 3.8) is 0 Å². The van der Waals surface area contributed by atoms with E-state index in [0.29, 0.717) is 0 Å². The molecule has 1 aliphatic carbocycles. The first-order valence-corrected chi connectivity index (χ1v) is 7.20. The number of nitrogens with one attached hydrogen (secondary N) is 1. The van der Waals surface area contributed by atoms with E-state index in [1.165, 1.54) is 45.4 Å². The summed E-state index contributed by atoms with van der Waals surface area (Å²) in [5.41, 5.74) is 0. The van der Waals surface area contributed by atoms with Crippen LogP contribution in [0.2, 0.25) is 0 Å². The topological polar surface area (TPSA) is 15.3 Å². The molecule has 4 unspecified atom stereocenters. The smallest absolute Gasteiger partial charge is 0.0147 e. The monoisotopic (exact) mass is 222 g/mol. The molecular weight excluding hydrogens is 196 g/mol. The molecule has 0 aromatic rings. The average Bonchev–Trinajstić information content (AvgIpc) is 2.77. The van der Waals surface area contributed by atoms with Crippen molar-refractivity contribution in [2.45, 2.75) is 39.2 Å². The minimum absolute atomic E-state index is 0.888. The molecule has 16 heavy (non-hydrogen) atoms. The number of fused-ring (bicyclic) bond motifs is 1. The van der Waals surface area contributed by atoms with Crippen LogP contribution in [0.15, 0.2) is 0 Å². The number of hydrogen-bond acceptors (Lipinski definition) is 2. The first kappa shape index (κ1) is 11.0. The molecule has 0 aromatic heterocycles. The fourth-order valence-electron chi connectivity index (χ4n) is 4.52. The van der Waals surface area contributed by atoms with E-state index in [1.54, 1.807) is 0 Å². The molecule has 2 nitrogen and oxygen atoms in total. The van der Waals surface area contributed by atoms with Crippen LogP contribution in [0.25, 0.3) is 0 Å². The van der Waals surface area contributed by atoms with E-state index in [1.807, 2.05) is 0 Å². The molecule has 0 aromatic carbocycles. The van der Waals surface area contributed by atoms with Crippen LogP contribution in [-0.4, -0.2) is 37.1 Å². The molecule has 2 aliphatic heterocycles. The number of hydrogen-bond donors (Lipinski definition) is 1. The van der Waals surface area contributed by atoms with Crippen molar-refractivity contribution in [1.82, 2.24) is 10.2 Å². The van der Waals surface area contributed by atoms with Gasteiger partial charge in [-0.05, 0) is 49.6 Å². The Morgan fingerprint density at radius 2 is 1.50 bits per heavy atom. The molecule has 0 spiro atoms. The van der Waals surface area contributed by atoms with Crippen molar-refractivity contribution in [3.05, 3.63) is 0 Å². The Labute approximate surface area is 99.8 Å². The first-order valence-electron chi connectivity index (χ1n) is 7.20. The van der Waals surface area contributed by atoms with Crippen molar-refractivity contribution >= 4 is 0 Å². The number of likely N-dealkylation sites (tertiary alicyclic amines) is 1. The van der Waals surface area contributed by atoms with E-state index in [4.69, 9.17) is 0 Å². The maximum Gasteiger partial charge on any atom is 0.0147 e. The van der Waals surface area contributed by atoms with Gasteiger partial charge in [0.05, 0.1) is 0 Å². The zero-order valence-corrected chi connectivity index (χ0v) is 10.8. The van der Waals surface area contributed by atoms with Crippen LogP contribution in [0.4, 0.5) is 0 Å². The van der Waals surface area contributed by atoms with Gasteiger partial charge in [0.25, 0.3) is 0 Å². The summed E-state index contributed by atoms with van der Waals surface area (Å²) in [7, 11) is 0. The Bertz CT molecular complexity index is 231. The highest BCUT2D eigenvalue weighted by molar-refractivity contribution is 4.96. The van der Waals surface area contributed by atoms with Crippen molar-refractivity contribution in [2.75, 3.05) is 26.2 Å². The van der Waals surface area contributed by atoms with Gasteiger partial charge in [-0.25, -0.2) is 0 Å². The van der Waals surface area contributed by atoms with Gasteiger partial charge in [-0.3, -0.25) is 4.90 Å². The van der Waals surface area contributed by atoms with Crippen LogP contribution in [-0.2, 0) is 0 Å². The quantitative estimate of drug-likeness (QED) is 0.729. The normalized spacial score (nSPS) is 49.5. The van der Waals surface area contributed by atoms with Crippen molar-refractivity contribution in [1.29, 1.82) is 0 Å². The Kier molecular flexibility index (Phi) is 2.97. The second kappa shape index (κ2) is 4.30. The van der Waals surface area contributed by atoms with Crippen LogP contribution < -0.4 is 5.32 Å². The minimum Gasteiger partial charge on any atom is -0.316 e. The highest BCUT2D eigenvalue weighted by Gasteiger charge is 2.42. The van der Waals surface area contributed by atoms with Gasteiger partial charge in [-0.1, -0.05) is 20.3 Å². The average molecular weight is 222 g/mol. The van der Waals surface area contributed by atoms with E-state index in [-0.39, 0.29) is 0 Å². The van der Waals surface area contributed by atoms with Gasteiger partial charge in [0.1, 0.15) is 0 Å². The zero-order valence-electron chi connectivity index (χ0n) is 10.8. The van der Waals surface area contributed by atoms with Gasteiger partial charge >= 0.3 is 0 Å². The van der Waals surface area contributed by atoms with Crippen molar-refractivity contribution in [2.24, 2.45) is 23.7 Å². The van der Waals surface area contributed by atoms with E-state index < -0.39 is 0 Å². The molecule has 1 saturated carbocycles. The molecule has 0 radical (unpaired) electrons. The molecule has 4 atom stereocenters. The van der Waals surface area contributed by atoms with E-state index >= 15 is 0 Å². The molecular formula is C14H26N2. The van der Waals surface area contributed by atoms with E-state index in [9.17, 15) is 0 Å². The van der Waals surface area contributed by atoms with E-state index in [2.05, 4.69) is 24.1 Å². The fraction of sp³-hybridized carbons (Fsp3) is 1.00. The Morgan fingerprint density at radius 3 is 2.06 bits per heavy atom. The predicted octanol–water partition coefficient (Wildman–Crippen LogP) is 1.96. The van der Waals surface area contributed by atoms with Gasteiger partial charge in [-0.2, -0.15) is 0 Å². The van der Waals surface area contributed by atoms with Gasteiger partial charge in [-0.15, -0.1) is 0 Å². The summed E-state index contributed by atoms with van der Waals surface area (Å²) >= 11 is 0. The van der Waals surface area contributed by atoms with Crippen LogP contribution in [0.1, 0.15) is 33.1 Å². The SMILES string of the molecule is CC1CCCC(C)C1N1CC2CNCC2C1. The van der Waals surface area contributed by atoms with Crippen molar-refractivity contribution in [3.8, 4) is 0 Å². The summed E-state index contributed by atoms with van der Waals surface area (Å²) in [4.78, 5) is 2.84. The van der Waals surface area contributed by atoms with Gasteiger partial charge < -0.3 is 5.32 Å². The van der Waals surface area contributed by atoms with Crippen LogP contribution in [0.3, 0.4) is 0 Å². The maximum atomic E-state index is 3.54. The van der Waals surface area contributed by atoms with Gasteiger partial charge in [0.2, 0.25) is 0 Å². The largest absolute Gasteiger partial charge is 0.316 e. The second-order valence-electron chi connectivity index (χ2n) is 6.51. The molecule has 92 valence electrons. The van der Waals surface area contributed by atoms with Crippen molar-refractivity contribution < 1.29 is 0 Å². The predicted molar refractivity (Wildman–Crippen MR) is 67.4 cm³/mol. The number of nitrogens with zero attached hydrogens (tertiary/aromatic N) is 1. The molecule has 3 rings (SSSR count). The third kappa shape index (κ3) is 1.80. The Morgan fingerprint density at radius 1 is 0.938 bits per heavy atom. The highest BCUT2D eigenvalue weighted by Crippen LogP contribution is 2.37. The molecule has 0 amide bonds. The van der Waals surface area contributed by atoms with Crippen LogP contribution >= 0.6 is 0 Å². The third-order valence-electron chi connectivity index (χ3n) is 5.32. The molecule has 2 heteroatoms. The fourth-order valence-corrected chi connectivity index (χ4v) is 4.52. The summed E-state index contributed by atoms with van der Waals surface area (Å²) in [5, 5.41) is 3.54. The lowest BCUT2D eigenvalue weighted by molar-refractivity contribution is 0.0836. The third-order valence-corrected chi connectivity index (χ3v) is 5.32. The highest BCUT2D eigenvalue weighted by atomic mass is 15.2. The van der Waals surface area contributed by atoms with Gasteiger partial charge in [0, 0.05) is 19.1 Å². The summed E-state index contributed by atoms with van der Waals surface area (Å²) in [6, 6.07) is 0.888. The zero-order chi connectivity index (χ0) is 11.1. The summed E-state index contributed by atoms with van der Waals surface area (Å²) < 4.78 is 0. The van der Waals surface area contributed by atoms with Gasteiger partial charge in [0.15, 0.2) is 0 Å². The number of rotatable bonds is 1. The summed E-state index contributed by atoms with van der Waals surface area (Å²) in [5.74, 6) is 3.77. The standard InChI is InChI=1S/C14H26N2/c1-10-4-3-5-11(2)14(10)16-8-12-6-15-7-13(12)9-16/h10-15H,3-9H2,1-2H3. The Balaban J connectivity index is 1.68. The second-order valence-corrected chi connectivity index (χ2v) is 6.51. The summed E-state index contributed by atoms with van der Waals surface area (Å²) in [6.07, 6.45) is 4.37.